The van der Waals surface area contributed by atoms with E-state index in [-0.39, 0.29) is 16.5 Å². The van der Waals surface area contributed by atoms with E-state index in [1.165, 1.54) is 39.4 Å². The molecule has 0 aliphatic rings. The lowest BCUT2D eigenvalue weighted by molar-refractivity contribution is 0.102. The van der Waals surface area contributed by atoms with Gasteiger partial charge in [-0.15, -0.1) is 11.8 Å². The number of benzene rings is 3. The Hall–Kier alpha value is -2.52. The third-order valence-electron chi connectivity index (χ3n) is 4.63. The average molecular weight is 491 g/mol. The van der Waals surface area contributed by atoms with Crippen LogP contribution in [0.3, 0.4) is 0 Å². The number of sulfonamides is 1. The third kappa shape index (κ3) is 5.83. The molecule has 1 amide bonds. The van der Waals surface area contributed by atoms with Gasteiger partial charge in [-0.05, 0) is 60.2 Å². The van der Waals surface area contributed by atoms with Crippen LogP contribution in [0.25, 0.3) is 0 Å². The van der Waals surface area contributed by atoms with Crippen LogP contribution in [-0.4, -0.2) is 39.8 Å². The Morgan fingerprint density at radius 2 is 1.69 bits per heavy atom. The zero-order chi connectivity index (χ0) is 23.3. The van der Waals surface area contributed by atoms with Gasteiger partial charge in [-0.25, -0.2) is 12.7 Å². The number of nitrogens with one attached hydrogen (secondary N) is 1. The van der Waals surface area contributed by atoms with Crippen molar-refractivity contribution in [3.63, 3.8) is 0 Å². The molecular formula is C23H23ClN2O4S2. The first kappa shape index (κ1) is 24.1. The van der Waals surface area contributed by atoms with Crippen molar-refractivity contribution >= 4 is 45.0 Å². The number of carbonyl (C=O) groups is 1. The summed E-state index contributed by atoms with van der Waals surface area (Å²) in [6.45, 7) is 0. The molecule has 32 heavy (non-hydrogen) atoms. The molecule has 0 aliphatic carbocycles. The number of methoxy groups -OCH3 is 1. The molecule has 0 aromatic heterocycles. The molecular weight excluding hydrogens is 468 g/mol. The molecule has 0 heterocycles. The van der Waals surface area contributed by atoms with Crippen molar-refractivity contribution in [2.24, 2.45) is 0 Å². The fourth-order valence-corrected chi connectivity index (χ4v) is 4.71. The Morgan fingerprint density at radius 1 is 1.03 bits per heavy atom. The molecule has 0 bridgehead atoms. The van der Waals surface area contributed by atoms with E-state index < -0.39 is 10.0 Å². The van der Waals surface area contributed by atoms with Gasteiger partial charge < -0.3 is 10.1 Å². The number of carbonyl (C=O) groups excluding carboxylic acids is 1. The van der Waals surface area contributed by atoms with Crippen LogP contribution in [0, 0.1) is 0 Å². The summed E-state index contributed by atoms with van der Waals surface area (Å²) < 4.78 is 31.2. The molecule has 6 nitrogen and oxygen atoms in total. The maximum Gasteiger partial charge on any atom is 0.255 e. The summed E-state index contributed by atoms with van der Waals surface area (Å²) in [6, 6.07) is 19.2. The Kier molecular flexibility index (Phi) is 7.84. The first-order valence-electron chi connectivity index (χ1n) is 9.60. The molecule has 0 unspecified atom stereocenters. The van der Waals surface area contributed by atoms with E-state index in [0.717, 1.165) is 20.5 Å². The SMILES string of the molecule is COc1ccc(S(=O)(=O)N(C)C)cc1NC(=O)c1ccc(CSc2ccc(Cl)cc2)cc1. The summed E-state index contributed by atoms with van der Waals surface area (Å²) in [5.41, 5.74) is 1.80. The number of halogens is 1. The lowest BCUT2D eigenvalue weighted by Gasteiger charge is -2.15. The smallest absolute Gasteiger partial charge is 0.255 e. The molecule has 0 radical (unpaired) electrons. The molecule has 9 heteroatoms. The van der Waals surface area contributed by atoms with E-state index in [1.54, 1.807) is 23.9 Å². The van der Waals surface area contributed by atoms with Crippen LogP contribution in [-0.2, 0) is 15.8 Å². The van der Waals surface area contributed by atoms with E-state index in [1.807, 2.05) is 36.4 Å². The quantitative estimate of drug-likeness (QED) is 0.442. The average Bonchev–Trinajstić information content (AvgIpc) is 2.78. The van der Waals surface area contributed by atoms with Gasteiger partial charge in [-0.3, -0.25) is 4.79 Å². The standard InChI is InChI=1S/C23H23ClN2O4S2/c1-26(2)32(28,29)20-12-13-22(30-3)21(14-20)25-23(27)17-6-4-16(5-7-17)15-31-19-10-8-18(24)9-11-19/h4-14H,15H2,1-3H3,(H,25,27). The monoisotopic (exact) mass is 490 g/mol. The number of amides is 1. The minimum atomic E-state index is -3.65. The second-order valence-corrected chi connectivity index (χ2v) is 10.7. The first-order valence-corrected chi connectivity index (χ1v) is 12.4. The van der Waals surface area contributed by atoms with Gasteiger partial charge in [0.25, 0.3) is 5.91 Å². The Morgan fingerprint density at radius 3 is 2.28 bits per heavy atom. The van der Waals surface area contributed by atoms with Crippen LogP contribution in [0.2, 0.25) is 5.02 Å². The van der Waals surface area contributed by atoms with Crippen molar-refractivity contribution in [1.82, 2.24) is 4.31 Å². The van der Waals surface area contributed by atoms with Gasteiger partial charge in [0.05, 0.1) is 17.7 Å². The van der Waals surface area contributed by atoms with Gasteiger partial charge in [-0.2, -0.15) is 0 Å². The molecule has 0 fully saturated rings. The minimum Gasteiger partial charge on any atom is -0.495 e. The predicted octanol–water partition coefficient (Wildman–Crippen LogP) is 5.14. The summed E-state index contributed by atoms with van der Waals surface area (Å²) in [5, 5.41) is 3.45. The molecule has 168 valence electrons. The van der Waals surface area contributed by atoms with Crippen LogP contribution in [0.1, 0.15) is 15.9 Å². The Balaban J connectivity index is 1.72. The highest BCUT2D eigenvalue weighted by molar-refractivity contribution is 7.98. The second-order valence-electron chi connectivity index (χ2n) is 7.04. The molecule has 0 spiro atoms. The number of hydrogen-bond acceptors (Lipinski definition) is 5. The van der Waals surface area contributed by atoms with Gasteiger partial charge in [0.2, 0.25) is 10.0 Å². The van der Waals surface area contributed by atoms with Gasteiger partial charge in [0.1, 0.15) is 5.75 Å². The predicted molar refractivity (Wildman–Crippen MR) is 129 cm³/mol. The van der Waals surface area contributed by atoms with Crippen molar-refractivity contribution < 1.29 is 17.9 Å². The van der Waals surface area contributed by atoms with Crippen LogP contribution >= 0.6 is 23.4 Å². The number of anilines is 1. The third-order valence-corrected chi connectivity index (χ3v) is 7.78. The van der Waals surface area contributed by atoms with Crippen LogP contribution in [0.15, 0.2) is 76.5 Å². The van der Waals surface area contributed by atoms with E-state index in [2.05, 4.69) is 5.32 Å². The number of nitrogens with zero attached hydrogens (tertiary/aromatic N) is 1. The number of thioether (sulfide) groups is 1. The highest BCUT2D eigenvalue weighted by atomic mass is 35.5. The van der Waals surface area contributed by atoms with Crippen molar-refractivity contribution in [2.45, 2.75) is 15.5 Å². The molecule has 0 saturated carbocycles. The molecule has 0 saturated heterocycles. The van der Waals surface area contributed by atoms with Gasteiger partial charge in [-0.1, -0.05) is 23.7 Å². The maximum absolute atomic E-state index is 12.8. The van der Waals surface area contributed by atoms with E-state index >= 15 is 0 Å². The number of hydrogen-bond donors (Lipinski definition) is 1. The zero-order valence-corrected chi connectivity index (χ0v) is 20.2. The first-order chi connectivity index (χ1) is 15.2. The molecule has 3 aromatic carbocycles. The molecule has 3 aromatic rings. The van der Waals surface area contributed by atoms with E-state index in [0.29, 0.717) is 16.3 Å². The summed E-state index contributed by atoms with van der Waals surface area (Å²) >= 11 is 7.58. The maximum atomic E-state index is 12.8. The van der Waals surface area contributed by atoms with Gasteiger partial charge in [0, 0.05) is 35.3 Å². The van der Waals surface area contributed by atoms with Crippen molar-refractivity contribution in [3.05, 3.63) is 82.9 Å². The second kappa shape index (κ2) is 10.4. The lowest BCUT2D eigenvalue weighted by atomic mass is 10.1. The van der Waals surface area contributed by atoms with E-state index in [9.17, 15) is 13.2 Å². The minimum absolute atomic E-state index is 0.0631. The highest BCUT2D eigenvalue weighted by Crippen LogP contribution is 2.29. The van der Waals surface area contributed by atoms with Crippen molar-refractivity contribution in [1.29, 1.82) is 0 Å². The fraction of sp³-hybridized carbons (Fsp3) is 0.174. The number of rotatable bonds is 8. The fourth-order valence-electron chi connectivity index (χ4n) is 2.80. The summed E-state index contributed by atoms with van der Waals surface area (Å²) in [6.07, 6.45) is 0. The van der Waals surface area contributed by atoms with E-state index in [4.69, 9.17) is 16.3 Å². The Labute approximate surface area is 197 Å². The van der Waals surface area contributed by atoms with Gasteiger partial charge in [0.15, 0.2) is 0 Å². The summed E-state index contributed by atoms with van der Waals surface area (Å²) in [4.78, 5) is 13.9. The van der Waals surface area contributed by atoms with Gasteiger partial charge >= 0.3 is 0 Å². The number of ether oxygens (including phenoxy) is 1. The molecule has 3 rings (SSSR count). The molecule has 1 N–H and O–H groups in total. The topological polar surface area (TPSA) is 75.7 Å². The lowest BCUT2D eigenvalue weighted by Crippen LogP contribution is -2.22. The summed E-state index contributed by atoms with van der Waals surface area (Å²) in [5.74, 6) is 0.758. The zero-order valence-electron chi connectivity index (χ0n) is 17.8. The highest BCUT2D eigenvalue weighted by Gasteiger charge is 2.20. The van der Waals surface area contributed by atoms with Crippen LogP contribution < -0.4 is 10.1 Å². The Bertz CT molecular complexity index is 1200. The van der Waals surface area contributed by atoms with Crippen molar-refractivity contribution in [2.75, 3.05) is 26.5 Å². The van der Waals surface area contributed by atoms with Crippen molar-refractivity contribution in [3.8, 4) is 5.75 Å². The molecule has 0 aliphatic heterocycles. The summed E-state index contributed by atoms with van der Waals surface area (Å²) in [7, 11) is 0.709. The van der Waals surface area contributed by atoms with Crippen LogP contribution in [0.4, 0.5) is 5.69 Å². The largest absolute Gasteiger partial charge is 0.495 e. The van der Waals surface area contributed by atoms with Crippen LogP contribution in [0.5, 0.6) is 5.75 Å². The normalized spacial score (nSPS) is 11.4. The molecule has 0 atom stereocenters.